The van der Waals surface area contributed by atoms with Gasteiger partial charge in [-0.3, -0.25) is 0 Å². The van der Waals surface area contributed by atoms with Crippen molar-refractivity contribution in [3.8, 4) is 5.75 Å². The summed E-state index contributed by atoms with van der Waals surface area (Å²) in [6.45, 7) is 5.27. The topological polar surface area (TPSA) is 30.5 Å². The Bertz CT molecular complexity index is 318. The molecule has 0 saturated carbocycles. The van der Waals surface area contributed by atoms with Crippen LogP contribution in [0.2, 0.25) is 0 Å². The van der Waals surface area contributed by atoms with Crippen molar-refractivity contribution in [1.82, 2.24) is 5.32 Å². The second-order valence-corrected chi connectivity index (χ2v) is 4.22. The Hall–Kier alpha value is -0.580. The number of likely N-dealkylation sites (N-methyl/N-ethyl adjacent to an activating group) is 1. The van der Waals surface area contributed by atoms with Crippen LogP contribution in [0.1, 0.15) is 12.5 Å². The van der Waals surface area contributed by atoms with Crippen molar-refractivity contribution in [2.45, 2.75) is 13.5 Å². The van der Waals surface area contributed by atoms with Gasteiger partial charge in [0.05, 0.1) is 20.3 Å². The summed E-state index contributed by atoms with van der Waals surface area (Å²) in [4.78, 5) is 0. The van der Waals surface area contributed by atoms with Crippen LogP contribution < -0.4 is 10.1 Å². The SMILES string of the molecule is CCNCCOCc1cc(OC)ccc1Br. The first-order valence-corrected chi connectivity index (χ1v) is 6.18. The Balaban J connectivity index is 2.40. The van der Waals surface area contributed by atoms with Gasteiger partial charge in [-0.1, -0.05) is 22.9 Å². The number of halogens is 1. The first-order valence-electron chi connectivity index (χ1n) is 5.38. The minimum Gasteiger partial charge on any atom is -0.497 e. The Kier molecular flexibility index (Phi) is 6.45. The lowest BCUT2D eigenvalue weighted by atomic mass is 10.2. The highest BCUT2D eigenvalue weighted by Gasteiger charge is 2.02. The van der Waals surface area contributed by atoms with Gasteiger partial charge in [0.1, 0.15) is 5.75 Å². The fraction of sp³-hybridized carbons (Fsp3) is 0.500. The Morgan fingerprint density at radius 3 is 2.88 bits per heavy atom. The molecule has 0 atom stereocenters. The van der Waals surface area contributed by atoms with Gasteiger partial charge in [0.2, 0.25) is 0 Å². The molecule has 0 radical (unpaired) electrons. The minimum absolute atomic E-state index is 0.600. The molecule has 90 valence electrons. The molecule has 4 heteroatoms. The van der Waals surface area contributed by atoms with Crippen LogP contribution in [0.5, 0.6) is 5.75 Å². The average molecular weight is 288 g/mol. The van der Waals surface area contributed by atoms with Gasteiger partial charge in [0, 0.05) is 11.0 Å². The lowest BCUT2D eigenvalue weighted by Crippen LogP contribution is -2.18. The van der Waals surface area contributed by atoms with Crippen LogP contribution in [0.25, 0.3) is 0 Å². The van der Waals surface area contributed by atoms with E-state index in [1.54, 1.807) is 7.11 Å². The summed E-state index contributed by atoms with van der Waals surface area (Å²) >= 11 is 3.49. The molecule has 0 spiro atoms. The summed E-state index contributed by atoms with van der Waals surface area (Å²) in [5.74, 6) is 0.855. The van der Waals surface area contributed by atoms with Crippen molar-refractivity contribution in [1.29, 1.82) is 0 Å². The van der Waals surface area contributed by atoms with E-state index in [1.165, 1.54) is 0 Å². The zero-order valence-electron chi connectivity index (χ0n) is 9.75. The van der Waals surface area contributed by atoms with Gasteiger partial charge >= 0.3 is 0 Å². The summed E-state index contributed by atoms with van der Waals surface area (Å²) in [6, 6.07) is 5.88. The molecule has 0 aliphatic heterocycles. The Morgan fingerprint density at radius 2 is 2.19 bits per heavy atom. The molecule has 0 bridgehead atoms. The third kappa shape index (κ3) is 4.51. The zero-order valence-corrected chi connectivity index (χ0v) is 11.3. The van der Waals surface area contributed by atoms with E-state index in [2.05, 4.69) is 28.2 Å². The van der Waals surface area contributed by atoms with Crippen LogP contribution >= 0.6 is 15.9 Å². The van der Waals surface area contributed by atoms with Crippen LogP contribution in [0.4, 0.5) is 0 Å². The second kappa shape index (κ2) is 7.65. The number of benzene rings is 1. The molecule has 3 nitrogen and oxygen atoms in total. The Morgan fingerprint density at radius 1 is 1.38 bits per heavy atom. The molecule has 16 heavy (non-hydrogen) atoms. The summed E-state index contributed by atoms with van der Waals surface area (Å²) in [7, 11) is 1.67. The summed E-state index contributed by atoms with van der Waals surface area (Å²) < 4.78 is 11.8. The maximum Gasteiger partial charge on any atom is 0.119 e. The average Bonchev–Trinajstić information content (AvgIpc) is 2.31. The van der Waals surface area contributed by atoms with E-state index in [4.69, 9.17) is 9.47 Å². The molecule has 1 aromatic rings. The molecular formula is C12H18BrNO2. The van der Waals surface area contributed by atoms with Gasteiger partial charge in [0.15, 0.2) is 0 Å². The van der Waals surface area contributed by atoms with Crippen molar-refractivity contribution in [2.24, 2.45) is 0 Å². The lowest BCUT2D eigenvalue weighted by Gasteiger charge is -2.08. The molecule has 1 rings (SSSR count). The molecule has 1 aromatic carbocycles. The maximum absolute atomic E-state index is 5.55. The quantitative estimate of drug-likeness (QED) is 0.782. The van der Waals surface area contributed by atoms with Gasteiger partial charge in [-0.05, 0) is 30.3 Å². The van der Waals surface area contributed by atoms with Gasteiger partial charge in [-0.15, -0.1) is 0 Å². The first kappa shape index (κ1) is 13.5. The van der Waals surface area contributed by atoms with Crippen LogP contribution in [0, 0.1) is 0 Å². The number of nitrogens with one attached hydrogen (secondary N) is 1. The fourth-order valence-electron chi connectivity index (χ4n) is 1.29. The van der Waals surface area contributed by atoms with Crippen molar-refractivity contribution >= 4 is 15.9 Å². The van der Waals surface area contributed by atoms with Crippen LogP contribution in [0.3, 0.4) is 0 Å². The molecule has 0 heterocycles. The summed E-state index contributed by atoms with van der Waals surface area (Å²) in [5, 5.41) is 3.21. The first-order chi connectivity index (χ1) is 7.77. The highest BCUT2D eigenvalue weighted by atomic mass is 79.9. The number of hydrogen-bond acceptors (Lipinski definition) is 3. The molecule has 0 aromatic heterocycles. The van der Waals surface area contributed by atoms with E-state index < -0.39 is 0 Å². The van der Waals surface area contributed by atoms with Crippen LogP contribution in [-0.2, 0) is 11.3 Å². The molecule has 1 N–H and O–H groups in total. The van der Waals surface area contributed by atoms with E-state index >= 15 is 0 Å². The minimum atomic E-state index is 0.600. The standard InChI is InChI=1S/C12H18BrNO2/c1-3-14-6-7-16-9-10-8-11(15-2)4-5-12(10)13/h4-5,8,14H,3,6-7,9H2,1-2H3. The third-order valence-electron chi connectivity index (χ3n) is 2.18. The normalized spacial score (nSPS) is 10.4. The van der Waals surface area contributed by atoms with E-state index in [1.807, 2.05) is 18.2 Å². The largest absolute Gasteiger partial charge is 0.497 e. The zero-order chi connectivity index (χ0) is 11.8. The van der Waals surface area contributed by atoms with Gasteiger partial charge in [-0.25, -0.2) is 0 Å². The maximum atomic E-state index is 5.55. The molecular weight excluding hydrogens is 270 g/mol. The van der Waals surface area contributed by atoms with Crippen LogP contribution in [0.15, 0.2) is 22.7 Å². The van der Waals surface area contributed by atoms with E-state index in [0.717, 1.165) is 35.5 Å². The van der Waals surface area contributed by atoms with Crippen LogP contribution in [-0.4, -0.2) is 26.8 Å². The molecule has 0 aliphatic rings. The smallest absolute Gasteiger partial charge is 0.119 e. The summed E-state index contributed by atoms with van der Waals surface area (Å²) in [6.07, 6.45) is 0. The fourth-order valence-corrected chi connectivity index (χ4v) is 1.65. The molecule has 0 saturated heterocycles. The number of rotatable bonds is 7. The van der Waals surface area contributed by atoms with Crippen molar-refractivity contribution in [2.75, 3.05) is 26.8 Å². The van der Waals surface area contributed by atoms with Crippen molar-refractivity contribution in [3.63, 3.8) is 0 Å². The van der Waals surface area contributed by atoms with Crippen molar-refractivity contribution < 1.29 is 9.47 Å². The van der Waals surface area contributed by atoms with Crippen molar-refractivity contribution in [3.05, 3.63) is 28.2 Å². The Labute approximate surface area is 105 Å². The molecule has 0 aliphatic carbocycles. The van der Waals surface area contributed by atoms with E-state index in [-0.39, 0.29) is 0 Å². The number of ether oxygens (including phenoxy) is 2. The van der Waals surface area contributed by atoms with Gasteiger partial charge < -0.3 is 14.8 Å². The summed E-state index contributed by atoms with van der Waals surface area (Å²) in [5.41, 5.74) is 1.11. The highest BCUT2D eigenvalue weighted by Crippen LogP contribution is 2.22. The molecule has 0 amide bonds. The molecule has 0 fully saturated rings. The number of hydrogen-bond donors (Lipinski definition) is 1. The van der Waals surface area contributed by atoms with E-state index in [0.29, 0.717) is 6.61 Å². The second-order valence-electron chi connectivity index (χ2n) is 3.36. The predicted molar refractivity (Wildman–Crippen MR) is 68.9 cm³/mol. The monoisotopic (exact) mass is 287 g/mol. The number of methoxy groups -OCH3 is 1. The highest BCUT2D eigenvalue weighted by molar-refractivity contribution is 9.10. The van der Waals surface area contributed by atoms with E-state index in [9.17, 15) is 0 Å². The molecule has 0 unspecified atom stereocenters. The third-order valence-corrected chi connectivity index (χ3v) is 2.96. The lowest BCUT2D eigenvalue weighted by molar-refractivity contribution is 0.122. The van der Waals surface area contributed by atoms with Gasteiger partial charge in [-0.2, -0.15) is 0 Å². The van der Waals surface area contributed by atoms with Gasteiger partial charge in [0.25, 0.3) is 0 Å². The predicted octanol–water partition coefficient (Wildman–Crippen LogP) is 2.58.